The first-order valence-corrected chi connectivity index (χ1v) is 5.46. The molecule has 5 heteroatoms. The summed E-state index contributed by atoms with van der Waals surface area (Å²) in [6.45, 7) is 5.43. The maximum absolute atomic E-state index is 11.4. The molecule has 1 fully saturated rings. The van der Waals surface area contributed by atoms with Crippen LogP contribution in [0.2, 0.25) is 0 Å². The average Bonchev–Trinajstić information content (AvgIpc) is 2.92. The summed E-state index contributed by atoms with van der Waals surface area (Å²) >= 11 is 0. The summed E-state index contributed by atoms with van der Waals surface area (Å²) in [7, 11) is 0. The third-order valence-corrected chi connectivity index (χ3v) is 2.31. The molecule has 0 aromatic heterocycles. The third kappa shape index (κ3) is 4.61. The van der Waals surface area contributed by atoms with Gasteiger partial charge in [0.1, 0.15) is 12.6 Å². The Kier molecular flexibility index (Phi) is 3.91. The standard InChI is InChI=1S/C11H19NO4/c1-11(2,3)16-6-8(13)12-9(10(14)15)7-4-5-7/h7,9H,4-6H2,1-3H3,(H,12,13)(H,14,15). The summed E-state index contributed by atoms with van der Waals surface area (Å²) in [5, 5.41) is 11.4. The molecule has 1 aliphatic carbocycles. The lowest BCUT2D eigenvalue weighted by Crippen LogP contribution is -2.44. The average molecular weight is 229 g/mol. The number of ether oxygens (including phenoxy) is 1. The number of hydrogen-bond acceptors (Lipinski definition) is 3. The number of carbonyl (C=O) groups excluding carboxylic acids is 1. The molecule has 1 aliphatic rings. The summed E-state index contributed by atoms with van der Waals surface area (Å²) in [6, 6.07) is -0.754. The Morgan fingerprint density at radius 3 is 2.38 bits per heavy atom. The van der Waals surface area contributed by atoms with Crippen molar-refractivity contribution in [3.8, 4) is 0 Å². The quantitative estimate of drug-likeness (QED) is 0.730. The molecule has 0 bridgehead atoms. The van der Waals surface area contributed by atoms with Crippen LogP contribution in [0.5, 0.6) is 0 Å². The molecular weight excluding hydrogens is 210 g/mol. The monoisotopic (exact) mass is 229 g/mol. The van der Waals surface area contributed by atoms with Crippen LogP contribution in [0.1, 0.15) is 33.6 Å². The Morgan fingerprint density at radius 2 is 2.00 bits per heavy atom. The largest absolute Gasteiger partial charge is 0.480 e. The molecule has 0 radical (unpaired) electrons. The van der Waals surface area contributed by atoms with Gasteiger partial charge in [0.05, 0.1) is 5.60 Å². The molecular formula is C11H19NO4. The molecule has 1 amide bonds. The zero-order chi connectivity index (χ0) is 12.3. The number of carboxylic acids is 1. The fraction of sp³-hybridized carbons (Fsp3) is 0.818. The van der Waals surface area contributed by atoms with E-state index in [1.54, 1.807) is 0 Å². The fourth-order valence-corrected chi connectivity index (χ4v) is 1.31. The second-order valence-corrected chi connectivity index (χ2v) is 5.12. The summed E-state index contributed by atoms with van der Waals surface area (Å²) in [4.78, 5) is 22.3. The van der Waals surface area contributed by atoms with E-state index >= 15 is 0 Å². The number of hydrogen-bond donors (Lipinski definition) is 2. The van der Waals surface area contributed by atoms with Crippen LogP contribution in [0.4, 0.5) is 0 Å². The SMILES string of the molecule is CC(C)(C)OCC(=O)NC(C(=O)O)C1CC1. The zero-order valence-corrected chi connectivity index (χ0v) is 9.95. The second-order valence-electron chi connectivity index (χ2n) is 5.12. The molecule has 1 saturated carbocycles. The molecule has 0 saturated heterocycles. The molecule has 0 aliphatic heterocycles. The van der Waals surface area contributed by atoms with Crippen LogP contribution in [-0.4, -0.2) is 35.2 Å². The van der Waals surface area contributed by atoms with Gasteiger partial charge in [-0.1, -0.05) is 0 Å². The van der Waals surface area contributed by atoms with E-state index in [1.807, 2.05) is 20.8 Å². The maximum Gasteiger partial charge on any atom is 0.326 e. The van der Waals surface area contributed by atoms with Crippen molar-refractivity contribution in [1.82, 2.24) is 5.32 Å². The Bertz CT molecular complexity index is 278. The van der Waals surface area contributed by atoms with E-state index in [0.29, 0.717) is 0 Å². The minimum absolute atomic E-state index is 0.0936. The third-order valence-electron chi connectivity index (χ3n) is 2.31. The molecule has 92 valence electrons. The minimum atomic E-state index is -0.966. The molecule has 0 heterocycles. The smallest absolute Gasteiger partial charge is 0.326 e. The van der Waals surface area contributed by atoms with Gasteiger partial charge >= 0.3 is 5.97 Å². The number of aliphatic carboxylic acids is 1. The van der Waals surface area contributed by atoms with E-state index in [0.717, 1.165) is 12.8 Å². The maximum atomic E-state index is 11.4. The summed E-state index contributed by atoms with van der Waals surface area (Å²) < 4.78 is 5.27. The van der Waals surface area contributed by atoms with Gasteiger partial charge in [-0.2, -0.15) is 0 Å². The Hall–Kier alpha value is -1.10. The van der Waals surface area contributed by atoms with Crippen LogP contribution in [0, 0.1) is 5.92 Å². The second kappa shape index (κ2) is 4.82. The van der Waals surface area contributed by atoms with Crippen molar-refractivity contribution in [1.29, 1.82) is 0 Å². The van der Waals surface area contributed by atoms with E-state index in [1.165, 1.54) is 0 Å². The first-order chi connectivity index (χ1) is 7.29. The van der Waals surface area contributed by atoms with Gasteiger partial charge < -0.3 is 15.2 Å². The van der Waals surface area contributed by atoms with Crippen LogP contribution < -0.4 is 5.32 Å². The van der Waals surface area contributed by atoms with Crippen molar-refractivity contribution in [2.75, 3.05) is 6.61 Å². The first-order valence-electron chi connectivity index (χ1n) is 5.46. The highest BCUT2D eigenvalue weighted by Gasteiger charge is 2.37. The molecule has 0 aromatic rings. The van der Waals surface area contributed by atoms with Gasteiger partial charge in [0.2, 0.25) is 5.91 Å². The van der Waals surface area contributed by atoms with Crippen molar-refractivity contribution in [3.63, 3.8) is 0 Å². The highest BCUT2D eigenvalue weighted by molar-refractivity contribution is 5.84. The Balaban J connectivity index is 2.34. The van der Waals surface area contributed by atoms with Gasteiger partial charge in [0.25, 0.3) is 0 Å². The van der Waals surface area contributed by atoms with Crippen LogP contribution >= 0.6 is 0 Å². The van der Waals surface area contributed by atoms with Crippen LogP contribution in [0.3, 0.4) is 0 Å². The highest BCUT2D eigenvalue weighted by atomic mass is 16.5. The lowest BCUT2D eigenvalue weighted by Gasteiger charge is -2.20. The van der Waals surface area contributed by atoms with E-state index in [4.69, 9.17) is 9.84 Å². The predicted octanol–water partition coefficient (Wildman–Crippen LogP) is 0.781. The number of nitrogens with one attached hydrogen (secondary N) is 1. The molecule has 0 aromatic carbocycles. The molecule has 2 N–H and O–H groups in total. The fourth-order valence-electron chi connectivity index (χ4n) is 1.31. The van der Waals surface area contributed by atoms with Gasteiger partial charge in [-0.15, -0.1) is 0 Å². The van der Waals surface area contributed by atoms with Crippen molar-refractivity contribution in [2.24, 2.45) is 5.92 Å². The number of carbonyl (C=O) groups is 2. The van der Waals surface area contributed by atoms with Gasteiger partial charge in [-0.05, 0) is 39.5 Å². The van der Waals surface area contributed by atoms with E-state index in [-0.39, 0.29) is 18.4 Å². The van der Waals surface area contributed by atoms with Crippen LogP contribution in [0.25, 0.3) is 0 Å². The van der Waals surface area contributed by atoms with E-state index < -0.39 is 17.6 Å². The predicted molar refractivity (Wildman–Crippen MR) is 58.0 cm³/mol. The summed E-state index contributed by atoms with van der Waals surface area (Å²) in [5.41, 5.74) is -0.393. The Morgan fingerprint density at radius 1 is 1.44 bits per heavy atom. The lowest BCUT2D eigenvalue weighted by atomic mass is 10.2. The van der Waals surface area contributed by atoms with Gasteiger partial charge in [-0.3, -0.25) is 4.79 Å². The van der Waals surface area contributed by atoms with Crippen molar-refractivity contribution >= 4 is 11.9 Å². The van der Waals surface area contributed by atoms with Crippen molar-refractivity contribution < 1.29 is 19.4 Å². The van der Waals surface area contributed by atoms with Crippen molar-refractivity contribution in [3.05, 3.63) is 0 Å². The number of amides is 1. The molecule has 0 spiro atoms. The number of rotatable bonds is 5. The number of carboxylic acid groups (broad SMARTS) is 1. The van der Waals surface area contributed by atoms with Gasteiger partial charge in [0.15, 0.2) is 0 Å². The van der Waals surface area contributed by atoms with E-state index in [2.05, 4.69) is 5.32 Å². The Labute approximate surface area is 95.2 Å². The molecule has 1 rings (SSSR count). The summed E-state index contributed by atoms with van der Waals surface area (Å²) in [6.07, 6.45) is 1.74. The van der Waals surface area contributed by atoms with Gasteiger partial charge in [-0.25, -0.2) is 4.79 Å². The van der Waals surface area contributed by atoms with Crippen molar-refractivity contribution in [2.45, 2.75) is 45.3 Å². The van der Waals surface area contributed by atoms with Gasteiger partial charge in [0, 0.05) is 0 Å². The summed E-state index contributed by atoms with van der Waals surface area (Å²) in [5.74, 6) is -1.24. The minimum Gasteiger partial charge on any atom is -0.480 e. The normalized spacial score (nSPS) is 17.9. The van der Waals surface area contributed by atoms with Crippen LogP contribution in [-0.2, 0) is 14.3 Å². The molecule has 5 nitrogen and oxygen atoms in total. The zero-order valence-electron chi connectivity index (χ0n) is 9.95. The molecule has 1 unspecified atom stereocenters. The first kappa shape index (κ1) is 13.0. The van der Waals surface area contributed by atoms with E-state index in [9.17, 15) is 9.59 Å². The molecule has 1 atom stereocenters. The topological polar surface area (TPSA) is 75.6 Å². The molecule has 16 heavy (non-hydrogen) atoms. The highest BCUT2D eigenvalue weighted by Crippen LogP contribution is 2.32. The van der Waals surface area contributed by atoms with Crippen LogP contribution in [0.15, 0.2) is 0 Å². The lowest BCUT2D eigenvalue weighted by molar-refractivity contribution is -0.144.